The molecule has 0 heterocycles. The molecule has 0 aromatic rings. The van der Waals surface area contributed by atoms with Gasteiger partial charge in [0.15, 0.2) is 0 Å². The van der Waals surface area contributed by atoms with Gasteiger partial charge in [0.05, 0.1) is 6.10 Å². The predicted octanol–water partition coefficient (Wildman–Crippen LogP) is 1.78. The number of methoxy groups -OCH3 is 1. The Balaban J connectivity index is 2.19. The molecule has 0 radical (unpaired) electrons. The monoisotopic (exact) mass is 156 g/mol. The minimum atomic E-state index is 0.100. The van der Waals surface area contributed by atoms with Crippen LogP contribution in [0, 0.1) is 5.92 Å². The van der Waals surface area contributed by atoms with E-state index in [4.69, 9.17) is 4.74 Å². The highest BCUT2D eigenvalue weighted by molar-refractivity contribution is 5.82. The molecule has 2 nitrogen and oxygen atoms in total. The third-order valence-electron chi connectivity index (χ3n) is 2.45. The van der Waals surface area contributed by atoms with Crippen molar-refractivity contribution in [3.05, 3.63) is 0 Å². The van der Waals surface area contributed by atoms with Crippen molar-refractivity contribution >= 4 is 5.78 Å². The van der Waals surface area contributed by atoms with E-state index in [1.54, 1.807) is 7.11 Å². The molecule has 0 bridgehead atoms. The van der Waals surface area contributed by atoms with Gasteiger partial charge in [-0.05, 0) is 19.8 Å². The molecule has 1 rings (SSSR count). The normalized spacial score (nSPS) is 20.9. The SMILES string of the molecule is COC(C)CC(=O)C1CCC1. The van der Waals surface area contributed by atoms with Crippen LogP contribution in [-0.2, 0) is 9.53 Å². The minimum absolute atomic E-state index is 0.100. The zero-order valence-electron chi connectivity index (χ0n) is 7.30. The second-order valence-electron chi connectivity index (χ2n) is 3.34. The van der Waals surface area contributed by atoms with Crippen molar-refractivity contribution in [1.29, 1.82) is 0 Å². The molecule has 1 atom stereocenters. The van der Waals surface area contributed by atoms with Crippen molar-refractivity contribution in [2.45, 2.75) is 38.7 Å². The molecule has 2 heteroatoms. The van der Waals surface area contributed by atoms with Gasteiger partial charge in [-0.2, -0.15) is 0 Å². The Morgan fingerprint density at radius 3 is 2.64 bits per heavy atom. The van der Waals surface area contributed by atoms with Crippen molar-refractivity contribution in [3.63, 3.8) is 0 Å². The molecule has 11 heavy (non-hydrogen) atoms. The van der Waals surface area contributed by atoms with Gasteiger partial charge >= 0.3 is 0 Å². The molecule has 0 saturated heterocycles. The number of hydrogen-bond donors (Lipinski definition) is 0. The second kappa shape index (κ2) is 3.86. The standard InChI is InChI=1S/C9H16O2/c1-7(11-2)6-9(10)8-4-3-5-8/h7-8H,3-6H2,1-2H3. The van der Waals surface area contributed by atoms with Gasteiger partial charge in [0.25, 0.3) is 0 Å². The first-order valence-corrected chi connectivity index (χ1v) is 4.29. The maximum atomic E-state index is 11.3. The van der Waals surface area contributed by atoms with Crippen LogP contribution in [0.5, 0.6) is 0 Å². The summed E-state index contributed by atoms with van der Waals surface area (Å²) >= 11 is 0. The Morgan fingerprint density at radius 2 is 2.27 bits per heavy atom. The molecule has 1 aliphatic rings. The molecule has 1 saturated carbocycles. The summed E-state index contributed by atoms with van der Waals surface area (Å²) in [5, 5.41) is 0. The van der Waals surface area contributed by atoms with E-state index in [-0.39, 0.29) is 6.10 Å². The zero-order valence-corrected chi connectivity index (χ0v) is 7.30. The molecule has 0 aromatic carbocycles. The number of rotatable bonds is 4. The molecule has 1 unspecified atom stereocenters. The van der Waals surface area contributed by atoms with Crippen LogP contribution in [0.2, 0.25) is 0 Å². The van der Waals surface area contributed by atoms with Gasteiger partial charge in [0, 0.05) is 19.4 Å². The first-order chi connectivity index (χ1) is 5.24. The lowest BCUT2D eigenvalue weighted by molar-refractivity contribution is -0.127. The molecule has 0 aliphatic heterocycles. The van der Waals surface area contributed by atoms with Gasteiger partial charge < -0.3 is 4.74 Å². The van der Waals surface area contributed by atoms with Crippen LogP contribution in [0.1, 0.15) is 32.6 Å². The number of ether oxygens (including phenoxy) is 1. The van der Waals surface area contributed by atoms with Gasteiger partial charge in [-0.15, -0.1) is 0 Å². The molecule has 0 amide bonds. The summed E-state index contributed by atoms with van der Waals surface area (Å²) in [4.78, 5) is 11.3. The van der Waals surface area contributed by atoms with Crippen LogP contribution in [0.15, 0.2) is 0 Å². The van der Waals surface area contributed by atoms with Gasteiger partial charge in [0.1, 0.15) is 5.78 Å². The number of Topliss-reactive ketones (excluding diaryl/α,β-unsaturated/α-hetero) is 1. The summed E-state index contributed by atoms with van der Waals surface area (Å²) in [6, 6.07) is 0. The molecular formula is C9H16O2. The van der Waals surface area contributed by atoms with Crippen LogP contribution in [-0.4, -0.2) is 19.0 Å². The van der Waals surface area contributed by atoms with Crippen LogP contribution in [0.3, 0.4) is 0 Å². The topological polar surface area (TPSA) is 26.3 Å². The maximum Gasteiger partial charge on any atom is 0.138 e. The summed E-state index contributed by atoms with van der Waals surface area (Å²) in [5.41, 5.74) is 0. The highest BCUT2D eigenvalue weighted by Crippen LogP contribution is 2.28. The fourth-order valence-corrected chi connectivity index (χ4v) is 1.26. The highest BCUT2D eigenvalue weighted by atomic mass is 16.5. The number of carbonyl (C=O) groups is 1. The van der Waals surface area contributed by atoms with E-state index in [1.165, 1.54) is 6.42 Å². The van der Waals surface area contributed by atoms with Gasteiger partial charge in [-0.25, -0.2) is 0 Å². The zero-order chi connectivity index (χ0) is 8.27. The Morgan fingerprint density at radius 1 is 1.64 bits per heavy atom. The van der Waals surface area contributed by atoms with Gasteiger partial charge in [-0.3, -0.25) is 4.79 Å². The summed E-state index contributed by atoms with van der Waals surface area (Å²) in [7, 11) is 1.65. The molecule has 1 fully saturated rings. The van der Waals surface area contributed by atoms with Crippen molar-refractivity contribution < 1.29 is 9.53 Å². The number of hydrogen-bond acceptors (Lipinski definition) is 2. The fraction of sp³-hybridized carbons (Fsp3) is 0.889. The second-order valence-corrected chi connectivity index (χ2v) is 3.34. The smallest absolute Gasteiger partial charge is 0.138 e. The number of carbonyl (C=O) groups excluding carboxylic acids is 1. The first-order valence-electron chi connectivity index (χ1n) is 4.29. The predicted molar refractivity (Wildman–Crippen MR) is 43.4 cm³/mol. The summed E-state index contributed by atoms with van der Waals surface area (Å²) in [6.07, 6.45) is 4.15. The lowest BCUT2D eigenvalue weighted by Crippen LogP contribution is -2.25. The van der Waals surface area contributed by atoms with E-state index in [9.17, 15) is 4.79 Å². The third kappa shape index (κ3) is 2.29. The van der Waals surface area contributed by atoms with Crippen LogP contribution < -0.4 is 0 Å². The van der Waals surface area contributed by atoms with Gasteiger partial charge in [0.2, 0.25) is 0 Å². The van der Waals surface area contributed by atoms with E-state index in [0.29, 0.717) is 18.1 Å². The maximum absolute atomic E-state index is 11.3. The van der Waals surface area contributed by atoms with E-state index < -0.39 is 0 Å². The molecule has 0 spiro atoms. The summed E-state index contributed by atoms with van der Waals surface area (Å²) < 4.78 is 5.02. The third-order valence-corrected chi connectivity index (χ3v) is 2.45. The highest BCUT2D eigenvalue weighted by Gasteiger charge is 2.25. The van der Waals surface area contributed by atoms with Crippen LogP contribution >= 0.6 is 0 Å². The average Bonchev–Trinajstić information content (AvgIpc) is 1.83. The summed E-state index contributed by atoms with van der Waals surface area (Å²) in [5.74, 6) is 0.762. The van der Waals surface area contributed by atoms with Crippen molar-refractivity contribution in [2.24, 2.45) is 5.92 Å². The van der Waals surface area contributed by atoms with E-state index in [1.807, 2.05) is 6.92 Å². The number of ketones is 1. The van der Waals surface area contributed by atoms with Crippen molar-refractivity contribution in [3.8, 4) is 0 Å². The lowest BCUT2D eigenvalue weighted by Gasteiger charge is -2.24. The van der Waals surface area contributed by atoms with Crippen molar-refractivity contribution in [1.82, 2.24) is 0 Å². The minimum Gasteiger partial charge on any atom is -0.381 e. The molecule has 64 valence electrons. The van der Waals surface area contributed by atoms with Crippen molar-refractivity contribution in [2.75, 3.05) is 7.11 Å². The molecular weight excluding hydrogens is 140 g/mol. The van der Waals surface area contributed by atoms with Crippen LogP contribution in [0.25, 0.3) is 0 Å². The molecule has 0 aromatic heterocycles. The average molecular weight is 156 g/mol. The largest absolute Gasteiger partial charge is 0.381 e. The van der Waals surface area contributed by atoms with E-state index in [2.05, 4.69) is 0 Å². The summed E-state index contributed by atoms with van der Waals surface area (Å²) in [6.45, 7) is 1.94. The van der Waals surface area contributed by atoms with Crippen LogP contribution in [0.4, 0.5) is 0 Å². The first kappa shape index (κ1) is 8.72. The van der Waals surface area contributed by atoms with E-state index in [0.717, 1.165) is 12.8 Å². The Kier molecular flexibility index (Phi) is 3.06. The Hall–Kier alpha value is -0.370. The lowest BCUT2D eigenvalue weighted by atomic mass is 9.80. The molecule has 1 aliphatic carbocycles. The quantitative estimate of drug-likeness (QED) is 0.620. The molecule has 0 N–H and O–H groups in total. The fourth-order valence-electron chi connectivity index (χ4n) is 1.26. The Labute approximate surface area is 67.9 Å². The Bertz CT molecular complexity index is 138. The van der Waals surface area contributed by atoms with E-state index >= 15 is 0 Å². The van der Waals surface area contributed by atoms with Gasteiger partial charge in [-0.1, -0.05) is 6.42 Å².